The zero-order valence-corrected chi connectivity index (χ0v) is 10.4. The minimum atomic E-state index is -0.696. The molecule has 0 radical (unpaired) electrons. The maximum atomic E-state index is 10.9. The van der Waals surface area contributed by atoms with Crippen molar-refractivity contribution in [1.29, 1.82) is 0 Å². The Hall–Kier alpha value is -0.790. The van der Waals surface area contributed by atoms with Gasteiger partial charge in [-0.1, -0.05) is 26.0 Å². The molecule has 2 nitrogen and oxygen atoms in total. The summed E-state index contributed by atoms with van der Waals surface area (Å²) < 4.78 is 0. The first kappa shape index (κ1) is 14.2. The third kappa shape index (κ3) is 6.32. The van der Waals surface area contributed by atoms with Gasteiger partial charge >= 0.3 is 5.97 Å². The van der Waals surface area contributed by atoms with E-state index in [9.17, 15) is 4.79 Å². The van der Waals surface area contributed by atoms with Gasteiger partial charge in [-0.25, -0.2) is 0 Å². The second kappa shape index (κ2) is 6.65. The summed E-state index contributed by atoms with van der Waals surface area (Å²) in [7, 11) is 0. The average molecular weight is 212 g/mol. The number of hydrogen-bond donors (Lipinski definition) is 1. The van der Waals surface area contributed by atoms with Gasteiger partial charge in [-0.05, 0) is 45.4 Å². The lowest BCUT2D eigenvalue weighted by molar-refractivity contribution is -0.147. The molecule has 0 spiro atoms. The van der Waals surface area contributed by atoms with Crippen molar-refractivity contribution in [2.45, 2.75) is 53.4 Å². The Bertz CT molecular complexity index is 217. The molecule has 0 aromatic heterocycles. The number of aliphatic carboxylic acids is 1. The van der Waals surface area contributed by atoms with E-state index in [1.165, 1.54) is 0 Å². The maximum absolute atomic E-state index is 10.9. The summed E-state index contributed by atoms with van der Waals surface area (Å²) in [6, 6.07) is 0. The molecule has 88 valence electrons. The van der Waals surface area contributed by atoms with Gasteiger partial charge in [-0.2, -0.15) is 0 Å². The number of rotatable bonds is 7. The Kier molecular flexibility index (Phi) is 6.30. The molecule has 0 bridgehead atoms. The zero-order valence-electron chi connectivity index (χ0n) is 10.4. The van der Waals surface area contributed by atoms with Gasteiger partial charge in [-0.3, -0.25) is 4.79 Å². The molecular formula is C13H24O2. The van der Waals surface area contributed by atoms with Crippen molar-refractivity contribution < 1.29 is 9.90 Å². The van der Waals surface area contributed by atoms with E-state index in [1.807, 2.05) is 0 Å². The summed E-state index contributed by atoms with van der Waals surface area (Å²) >= 11 is 0. The molecule has 0 fully saturated rings. The van der Waals surface area contributed by atoms with Crippen molar-refractivity contribution in [2.24, 2.45) is 11.3 Å². The lowest BCUT2D eigenvalue weighted by atomic mass is 9.82. The van der Waals surface area contributed by atoms with E-state index in [4.69, 9.17) is 5.11 Å². The van der Waals surface area contributed by atoms with Crippen molar-refractivity contribution in [3.63, 3.8) is 0 Å². The molecule has 0 heterocycles. The summed E-state index contributed by atoms with van der Waals surface area (Å²) in [5, 5.41) is 8.99. The molecule has 2 heteroatoms. The van der Waals surface area contributed by atoms with Crippen LogP contribution in [0.5, 0.6) is 0 Å². The van der Waals surface area contributed by atoms with Crippen LogP contribution in [-0.2, 0) is 4.79 Å². The molecule has 1 N–H and O–H groups in total. The highest BCUT2D eigenvalue weighted by molar-refractivity contribution is 5.73. The van der Waals surface area contributed by atoms with E-state index in [-0.39, 0.29) is 0 Å². The van der Waals surface area contributed by atoms with Gasteiger partial charge in [-0.15, -0.1) is 0 Å². The van der Waals surface area contributed by atoms with Gasteiger partial charge in [0.2, 0.25) is 0 Å². The Morgan fingerprint density at radius 2 is 2.00 bits per heavy atom. The van der Waals surface area contributed by atoms with E-state index < -0.39 is 11.4 Å². The van der Waals surface area contributed by atoms with Crippen LogP contribution >= 0.6 is 0 Å². The smallest absolute Gasteiger partial charge is 0.309 e. The van der Waals surface area contributed by atoms with Crippen LogP contribution in [0.15, 0.2) is 12.2 Å². The minimum Gasteiger partial charge on any atom is -0.481 e. The fourth-order valence-corrected chi connectivity index (χ4v) is 1.73. The quantitative estimate of drug-likeness (QED) is 0.650. The fourth-order valence-electron chi connectivity index (χ4n) is 1.73. The predicted octanol–water partition coefficient (Wildman–Crippen LogP) is 3.87. The molecule has 1 atom stereocenters. The second-order valence-electron chi connectivity index (χ2n) is 4.96. The average Bonchev–Trinajstić information content (AvgIpc) is 2.11. The largest absolute Gasteiger partial charge is 0.481 e. The SMILES string of the molecule is CCC=CCCC(C)CC(C)(C)C(=O)O. The van der Waals surface area contributed by atoms with E-state index in [2.05, 4.69) is 26.0 Å². The van der Waals surface area contributed by atoms with Crippen molar-refractivity contribution in [1.82, 2.24) is 0 Å². The lowest BCUT2D eigenvalue weighted by Gasteiger charge is -2.23. The highest BCUT2D eigenvalue weighted by atomic mass is 16.4. The van der Waals surface area contributed by atoms with Gasteiger partial charge in [0.05, 0.1) is 5.41 Å². The van der Waals surface area contributed by atoms with Crippen LogP contribution in [0, 0.1) is 11.3 Å². The normalized spacial score (nSPS) is 14.4. The van der Waals surface area contributed by atoms with Gasteiger partial charge in [0.1, 0.15) is 0 Å². The first-order valence-electron chi connectivity index (χ1n) is 5.78. The molecule has 0 aliphatic rings. The predicted molar refractivity (Wildman–Crippen MR) is 63.9 cm³/mol. The molecule has 1 unspecified atom stereocenters. The molecule has 0 aliphatic heterocycles. The first-order valence-corrected chi connectivity index (χ1v) is 5.78. The summed E-state index contributed by atoms with van der Waals surface area (Å²) in [4.78, 5) is 10.9. The Labute approximate surface area is 93.4 Å². The molecule has 0 aliphatic carbocycles. The number of allylic oxidation sites excluding steroid dienone is 2. The van der Waals surface area contributed by atoms with Crippen LogP contribution in [0.4, 0.5) is 0 Å². The van der Waals surface area contributed by atoms with Crippen molar-refractivity contribution in [3.05, 3.63) is 12.2 Å². The Morgan fingerprint density at radius 3 is 2.47 bits per heavy atom. The van der Waals surface area contributed by atoms with Crippen LogP contribution in [0.2, 0.25) is 0 Å². The van der Waals surface area contributed by atoms with Crippen LogP contribution in [0.3, 0.4) is 0 Å². The molecule has 0 rings (SSSR count). The van der Waals surface area contributed by atoms with E-state index >= 15 is 0 Å². The Morgan fingerprint density at radius 1 is 1.40 bits per heavy atom. The first-order chi connectivity index (χ1) is 6.90. The topological polar surface area (TPSA) is 37.3 Å². The van der Waals surface area contributed by atoms with Crippen molar-refractivity contribution in [2.75, 3.05) is 0 Å². The lowest BCUT2D eigenvalue weighted by Crippen LogP contribution is -2.25. The van der Waals surface area contributed by atoms with Crippen LogP contribution < -0.4 is 0 Å². The van der Waals surface area contributed by atoms with Crippen molar-refractivity contribution >= 4 is 5.97 Å². The molecule has 15 heavy (non-hydrogen) atoms. The standard InChI is InChI=1S/C13H24O2/c1-5-6-7-8-9-11(2)10-13(3,4)12(14)15/h6-7,11H,5,8-10H2,1-4H3,(H,14,15). The third-order valence-corrected chi connectivity index (χ3v) is 2.67. The molecule has 0 saturated heterocycles. The van der Waals surface area contributed by atoms with Crippen LogP contribution in [0.1, 0.15) is 53.4 Å². The maximum Gasteiger partial charge on any atom is 0.309 e. The zero-order chi connectivity index (χ0) is 11.9. The van der Waals surface area contributed by atoms with E-state index in [0.29, 0.717) is 5.92 Å². The molecule has 0 aromatic carbocycles. The van der Waals surface area contributed by atoms with E-state index in [1.54, 1.807) is 13.8 Å². The highest BCUT2D eigenvalue weighted by Crippen LogP contribution is 2.27. The number of carbonyl (C=O) groups is 1. The van der Waals surface area contributed by atoms with E-state index in [0.717, 1.165) is 25.7 Å². The van der Waals surface area contributed by atoms with Crippen LogP contribution in [0.25, 0.3) is 0 Å². The minimum absolute atomic E-state index is 0.470. The second-order valence-corrected chi connectivity index (χ2v) is 4.96. The highest BCUT2D eigenvalue weighted by Gasteiger charge is 2.28. The number of hydrogen-bond acceptors (Lipinski definition) is 1. The number of carboxylic acids is 1. The summed E-state index contributed by atoms with van der Waals surface area (Å²) in [6.07, 6.45) is 8.31. The molecule has 0 saturated carbocycles. The van der Waals surface area contributed by atoms with Gasteiger partial charge < -0.3 is 5.11 Å². The molecular weight excluding hydrogens is 188 g/mol. The van der Waals surface area contributed by atoms with Gasteiger partial charge in [0.25, 0.3) is 0 Å². The summed E-state index contributed by atoms with van der Waals surface area (Å²) in [5.74, 6) is -0.226. The fraction of sp³-hybridized carbons (Fsp3) is 0.769. The van der Waals surface area contributed by atoms with Gasteiger partial charge in [0.15, 0.2) is 0 Å². The van der Waals surface area contributed by atoms with Crippen molar-refractivity contribution in [3.8, 4) is 0 Å². The Balaban J connectivity index is 3.88. The third-order valence-electron chi connectivity index (χ3n) is 2.67. The monoisotopic (exact) mass is 212 g/mol. The van der Waals surface area contributed by atoms with Crippen LogP contribution in [-0.4, -0.2) is 11.1 Å². The number of carboxylic acid groups (broad SMARTS) is 1. The molecule has 0 amide bonds. The summed E-state index contributed by atoms with van der Waals surface area (Å²) in [6.45, 7) is 7.85. The summed E-state index contributed by atoms with van der Waals surface area (Å²) in [5.41, 5.74) is -0.589. The molecule has 0 aromatic rings. The van der Waals surface area contributed by atoms with Gasteiger partial charge in [0, 0.05) is 0 Å².